The quantitative estimate of drug-likeness (QED) is 0.310. The van der Waals surface area contributed by atoms with Gasteiger partial charge in [0.2, 0.25) is 11.5 Å². The lowest BCUT2D eigenvalue weighted by Crippen LogP contribution is -2.13. The number of aromatic nitrogens is 6. The van der Waals surface area contributed by atoms with Crippen molar-refractivity contribution in [1.82, 2.24) is 29.5 Å². The fourth-order valence-electron chi connectivity index (χ4n) is 3.75. The first-order valence-corrected chi connectivity index (χ1v) is 11.4. The maximum Gasteiger partial charge on any atom is 0.293 e. The minimum absolute atomic E-state index is 0.0881. The number of carbonyl (C=O) groups is 2. The molecule has 1 aromatic carbocycles. The van der Waals surface area contributed by atoms with Crippen molar-refractivity contribution in [3.63, 3.8) is 0 Å². The fourth-order valence-corrected chi connectivity index (χ4v) is 3.75. The first-order chi connectivity index (χ1) is 17.7. The Hall–Kier alpha value is -4.87. The van der Waals surface area contributed by atoms with E-state index in [2.05, 4.69) is 35.8 Å². The van der Waals surface area contributed by atoms with E-state index in [0.29, 0.717) is 34.4 Å². The number of nitrogens with one attached hydrogen (secondary N) is 3. The summed E-state index contributed by atoms with van der Waals surface area (Å²) in [4.78, 5) is 37.9. The number of aromatic amines is 1. The molecule has 0 atom stereocenters. The lowest BCUT2D eigenvalue weighted by molar-refractivity contribution is 0.0992. The van der Waals surface area contributed by atoms with Gasteiger partial charge in [-0.25, -0.2) is 19.3 Å². The molecule has 5 aromatic rings. The minimum atomic E-state index is -0.527. The number of oxazole rings is 1. The van der Waals surface area contributed by atoms with Gasteiger partial charge in [-0.3, -0.25) is 19.1 Å². The van der Waals surface area contributed by atoms with Gasteiger partial charge in [0.05, 0.1) is 23.3 Å². The molecule has 0 aliphatic carbocycles. The number of anilines is 2. The molecule has 0 radical (unpaired) electrons. The lowest BCUT2D eigenvalue weighted by Gasteiger charge is -2.06. The lowest BCUT2D eigenvalue weighted by atomic mass is 10.1. The molecule has 0 saturated heterocycles. The van der Waals surface area contributed by atoms with Crippen LogP contribution in [0.4, 0.5) is 15.8 Å². The molecule has 11 nitrogen and oxygen atoms in total. The van der Waals surface area contributed by atoms with Crippen LogP contribution in [0.1, 0.15) is 58.1 Å². The number of hydrogen-bond donors (Lipinski definition) is 3. The van der Waals surface area contributed by atoms with E-state index in [0.717, 1.165) is 5.69 Å². The number of rotatable bonds is 6. The predicted molar refractivity (Wildman–Crippen MR) is 133 cm³/mol. The van der Waals surface area contributed by atoms with E-state index in [1.54, 1.807) is 36.7 Å². The predicted octanol–water partition coefficient (Wildman–Crippen LogP) is 4.49. The molecule has 2 amide bonds. The topological polar surface area (TPSA) is 143 Å². The second kappa shape index (κ2) is 9.30. The molecule has 3 N–H and O–H groups in total. The van der Waals surface area contributed by atoms with Gasteiger partial charge in [-0.1, -0.05) is 13.8 Å². The molecular formula is C25H23FN8O3. The summed E-state index contributed by atoms with van der Waals surface area (Å²) in [5.74, 6) is -0.442. The van der Waals surface area contributed by atoms with E-state index >= 15 is 0 Å². The van der Waals surface area contributed by atoms with Crippen molar-refractivity contribution in [3.05, 3.63) is 77.4 Å². The fraction of sp³-hybridized carbons (Fsp3) is 0.200. The molecule has 5 rings (SSSR count). The Bertz CT molecular complexity index is 1650. The van der Waals surface area contributed by atoms with E-state index in [9.17, 15) is 14.0 Å². The smallest absolute Gasteiger partial charge is 0.293 e. The zero-order chi connectivity index (χ0) is 26.3. The zero-order valence-corrected chi connectivity index (χ0v) is 20.5. The number of benzene rings is 1. The minimum Gasteiger partial charge on any atom is -0.436 e. The maximum absolute atomic E-state index is 14.7. The molecule has 37 heavy (non-hydrogen) atoms. The van der Waals surface area contributed by atoms with Crippen LogP contribution in [0.15, 0.2) is 47.3 Å². The van der Waals surface area contributed by atoms with Crippen LogP contribution in [0, 0.1) is 19.7 Å². The summed E-state index contributed by atoms with van der Waals surface area (Å²) in [6.07, 6.45) is 4.65. The Morgan fingerprint density at radius 1 is 1.05 bits per heavy atom. The van der Waals surface area contributed by atoms with Crippen LogP contribution in [-0.2, 0) is 0 Å². The largest absolute Gasteiger partial charge is 0.436 e. The third-order valence-corrected chi connectivity index (χ3v) is 5.63. The highest BCUT2D eigenvalue weighted by molar-refractivity contribution is 6.03. The van der Waals surface area contributed by atoms with Gasteiger partial charge in [0.15, 0.2) is 11.6 Å². The van der Waals surface area contributed by atoms with Gasteiger partial charge in [0.1, 0.15) is 5.82 Å². The molecule has 12 heteroatoms. The number of H-pyrrole nitrogens is 1. The summed E-state index contributed by atoms with van der Waals surface area (Å²) in [5, 5.41) is 12.3. The Morgan fingerprint density at radius 2 is 1.84 bits per heavy atom. The summed E-state index contributed by atoms with van der Waals surface area (Å²) >= 11 is 0. The van der Waals surface area contributed by atoms with E-state index in [1.807, 2.05) is 13.8 Å². The van der Waals surface area contributed by atoms with Crippen molar-refractivity contribution in [2.24, 2.45) is 0 Å². The Labute approximate surface area is 210 Å². The number of amides is 2. The molecule has 0 fully saturated rings. The SMILES string of the molecule is Cc1nc(C)c(C(=O)Nc2ccc(F)c(-c3cn4cc(NC(=O)c5cc(C(C)C)[nH]n5)cnc4n3)c2)o1. The average Bonchev–Trinajstić information content (AvgIpc) is 3.58. The molecule has 0 bridgehead atoms. The number of imidazole rings is 1. The summed E-state index contributed by atoms with van der Waals surface area (Å²) in [5.41, 5.74) is 2.79. The van der Waals surface area contributed by atoms with Gasteiger partial charge in [-0.15, -0.1) is 0 Å². The normalized spacial score (nSPS) is 11.3. The zero-order valence-electron chi connectivity index (χ0n) is 20.5. The van der Waals surface area contributed by atoms with Crippen LogP contribution in [0.5, 0.6) is 0 Å². The molecule has 0 aliphatic rings. The number of fused-ring (bicyclic) bond motifs is 1. The average molecular weight is 503 g/mol. The molecule has 4 aromatic heterocycles. The first-order valence-electron chi connectivity index (χ1n) is 11.4. The van der Waals surface area contributed by atoms with Crippen LogP contribution >= 0.6 is 0 Å². The maximum atomic E-state index is 14.7. The third-order valence-electron chi connectivity index (χ3n) is 5.63. The number of nitrogens with zero attached hydrogens (tertiary/aromatic N) is 5. The number of halogens is 1. The van der Waals surface area contributed by atoms with Crippen LogP contribution in [0.3, 0.4) is 0 Å². The van der Waals surface area contributed by atoms with Crippen LogP contribution in [0.2, 0.25) is 0 Å². The van der Waals surface area contributed by atoms with Crippen LogP contribution in [-0.4, -0.2) is 41.4 Å². The molecule has 0 saturated carbocycles. The van der Waals surface area contributed by atoms with Gasteiger partial charge in [0.25, 0.3) is 11.8 Å². The first kappa shape index (κ1) is 23.9. The van der Waals surface area contributed by atoms with Crippen LogP contribution in [0.25, 0.3) is 17.0 Å². The molecule has 0 aliphatic heterocycles. The second-order valence-corrected chi connectivity index (χ2v) is 8.79. The van der Waals surface area contributed by atoms with E-state index in [-0.39, 0.29) is 22.9 Å². The number of carbonyl (C=O) groups excluding carboxylic acids is 2. The highest BCUT2D eigenvalue weighted by Crippen LogP contribution is 2.26. The van der Waals surface area contributed by atoms with Crippen LogP contribution < -0.4 is 10.6 Å². The van der Waals surface area contributed by atoms with Gasteiger partial charge < -0.3 is 15.1 Å². The van der Waals surface area contributed by atoms with Gasteiger partial charge in [-0.2, -0.15) is 5.10 Å². The third kappa shape index (κ3) is 4.81. The number of aryl methyl sites for hydroxylation is 2. The van der Waals surface area contributed by atoms with Crippen molar-refractivity contribution < 1.29 is 18.4 Å². The summed E-state index contributed by atoms with van der Waals surface area (Å²) in [6.45, 7) is 7.30. The van der Waals surface area contributed by atoms with Crippen molar-refractivity contribution in [3.8, 4) is 11.3 Å². The standard InChI is InChI=1S/C25H23FN8O3/c1-12(2)19-8-20(33-32-19)23(35)30-16-9-27-25-31-21(11-34(25)10-16)17-7-15(5-6-18(17)26)29-24(36)22-13(3)28-14(4)37-22/h5-12H,1-4H3,(H,29,36)(H,30,35)(H,32,33). The monoisotopic (exact) mass is 502 g/mol. The van der Waals surface area contributed by atoms with Gasteiger partial charge >= 0.3 is 0 Å². The van der Waals surface area contributed by atoms with E-state index < -0.39 is 17.6 Å². The molecule has 4 heterocycles. The van der Waals surface area contributed by atoms with E-state index in [4.69, 9.17) is 4.42 Å². The summed E-state index contributed by atoms with van der Waals surface area (Å²) in [7, 11) is 0. The van der Waals surface area contributed by atoms with Crippen molar-refractivity contribution >= 4 is 29.0 Å². The second-order valence-electron chi connectivity index (χ2n) is 8.79. The van der Waals surface area contributed by atoms with Crippen molar-refractivity contribution in [2.75, 3.05) is 10.6 Å². The van der Waals surface area contributed by atoms with Crippen molar-refractivity contribution in [2.45, 2.75) is 33.6 Å². The molecule has 0 spiro atoms. The number of hydrogen-bond acceptors (Lipinski definition) is 7. The highest BCUT2D eigenvalue weighted by atomic mass is 19.1. The molecular weight excluding hydrogens is 479 g/mol. The Kier molecular flexibility index (Phi) is 5.99. The van der Waals surface area contributed by atoms with Gasteiger partial charge in [0, 0.05) is 36.3 Å². The Morgan fingerprint density at radius 3 is 2.54 bits per heavy atom. The Balaban J connectivity index is 1.37. The summed E-state index contributed by atoms with van der Waals surface area (Å²) in [6, 6.07) is 5.85. The highest BCUT2D eigenvalue weighted by Gasteiger charge is 2.18. The van der Waals surface area contributed by atoms with Gasteiger partial charge in [-0.05, 0) is 37.1 Å². The molecule has 188 valence electrons. The summed E-state index contributed by atoms with van der Waals surface area (Å²) < 4.78 is 21.6. The van der Waals surface area contributed by atoms with E-state index in [1.165, 1.54) is 24.4 Å². The van der Waals surface area contributed by atoms with Crippen molar-refractivity contribution in [1.29, 1.82) is 0 Å². The molecule has 0 unspecified atom stereocenters.